The van der Waals surface area contributed by atoms with Gasteiger partial charge in [-0.25, -0.2) is 0 Å². The van der Waals surface area contributed by atoms with Crippen molar-refractivity contribution in [3.8, 4) is 5.75 Å². The summed E-state index contributed by atoms with van der Waals surface area (Å²) in [6.45, 7) is 3.72. The van der Waals surface area contributed by atoms with Crippen molar-refractivity contribution in [1.29, 1.82) is 0 Å². The zero-order valence-electron chi connectivity index (χ0n) is 13.6. The van der Waals surface area contributed by atoms with E-state index in [1.54, 1.807) is 0 Å². The first-order chi connectivity index (χ1) is 11.4. The van der Waals surface area contributed by atoms with Crippen LogP contribution in [0, 0.1) is 0 Å². The van der Waals surface area contributed by atoms with Gasteiger partial charge in [-0.05, 0) is 23.9 Å². The van der Waals surface area contributed by atoms with Crippen LogP contribution in [0.3, 0.4) is 0 Å². The lowest BCUT2D eigenvalue weighted by molar-refractivity contribution is 0.306. The maximum atomic E-state index is 5.91. The number of para-hydroxylation sites is 1. The highest BCUT2D eigenvalue weighted by molar-refractivity contribution is 5.93. The third-order valence-electron chi connectivity index (χ3n) is 3.99. The molecule has 0 aromatic heterocycles. The Morgan fingerprint density at radius 2 is 1.65 bits per heavy atom. The first kappa shape index (κ1) is 15.4. The molecule has 0 spiro atoms. The Labute approximate surface area is 138 Å². The van der Waals surface area contributed by atoms with Gasteiger partial charge in [0.15, 0.2) is 0 Å². The Kier molecular flexibility index (Phi) is 5.15. The highest BCUT2D eigenvalue weighted by atomic mass is 16.5. The van der Waals surface area contributed by atoms with Crippen LogP contribution in [0.1, 0.15) is 25.3 Å². The minimum Gasteiger partial charge on any atom is -0.493 e. The van der Waals surface area contributed by atoms with Gasteiger partial charge in [0, 0.05) is 23.2 Å². The molecule has 1 N–H and O–H groups in total. The molecule has 3 rings (SSSR count). The summed E-state index contributed by atoms with van der Waals surface area (Å²) in [7, 11) is 0. The molecule has 2 heteroatoms. The van der Waals surface area contributed by atoms with Gasteiger partial charge in [0.05, 0.1) is 6.61 Å². The standard InChI is InChI=1S/C21H23NO/c1-2-3-15-23-21-14-7-5-10-18(21)16-22-20-13-8-11-17-9-4-6-12-19(17)20/h4-14,22H,2-3,15-16H2,1H3. The van der Waals surface area contributed by atoms with Crippen molar-refractivity contribution < 1.29 is 4.74 Å². The van der Waals surface area contributed by atoms with Gasteiger partial charge in [-0.3, -0.25) is 0 Å². The fourth-order valence-corrected chi connectivity index (χ4v) is 2.69. The highest BCUT2D eigenvalue weighted by Gasteiger charge is 2.04. The second-order valence-corrected chi connectivity index (χ2v) is 5.69. The third-order valence-corrected chi connectivity index (χ3v) is 3.99. The SMILES string of the molecule is CCCCOc1ccccc1CNc1cccc2ccccc12. The smallest absolute Gasteiger partial charge is 0.124 e. The number of unbranched alkanes of at least 4 members (excludes halogenated alkanes) is 1. The van der Waals surface area contributed by atoms with Gasteiger partial charge in [0.2, 0.25) is 0 Å². The highest BCUT2D eigenvalue weighted by Crippen LogP contribution is 2.25. The van der Waals surface area contributed by atoms with E-state index in [9.17, 15) is 0 Å². The Morgan fingerprint density at radius 3 is 2.57 bits per heavy atom. The molecule has 0 aliphatic heterocycles. The molecule has 118 valence electrons. The Morgan fingerprint density at radius 1 is 0.870 bits per heavy atom. The first-order valence-corrected chi connectivity index (χ1v) is 8.31. The molecule has 0 aliphatic rings. The summed E-state index contributed by atoms with van der Waals surface area (Å²) in [6, 6.07) is 23.1. The van der Waals surface area contributed by atoms with Crippen LogP contribution in [0.25, 0.3) is 10.8 Å². The van der Waals surface area contributed by atoms with Gasteiger partial charge >= 0.3 is 0 Å². The van der Waals surface area contributed by atoms with Gasteiger partial charge < -0.3 is 10.1 Å². The van der Waals surface area contributed by atoms with E-state index in [1.807, 2.05) is 6.07 Å². The lowest BCUT2D eigenvalue weighted by atomic mass is 10.1. The number of hydrogen-bond acceptors (Lipinski definition) is 2. The van der Waals surface area contributed by atoms with Gasteiger partial charge in [0.1, 0.15) is 5.75 Å². The van der Waals surface area contributed by atoms with E-state index in [4.69, 9.17) is 4.74 Å². The Bertz CT molecular complexity index is 761. The van der Waals surface area contributed by atoms with Gasteiger partial charge in [-0.1, -0.05) is 67.9 Å². The predicted molar refractivity (Wildman–Crippen MR) is 98.1 cm³/mol. The van der Waals surface area contributed by atoms with Crippen LogP contribution in [-0.2, 0) is 6.54 Å². The van der Waals surface area contributed by atoms with Crippen molar-refractivity contribution in [1.82, 2.24) is 0 Å². The molecule has 0 aliphatic carbocycles. The number of nitrogens with one attached hydrogen (secondary N) is 1. The molecule has 0 saturated carbocycles. The number of benzene rings is 3. The topological polar surface area (TPSA) is 21.3 Å². The molecule has 0 unspecified atom stereocenters. The van der Waals surface area contributed by atoms with Crippen LogP contribution in [-0.4, -0.2) is 6.61 Å². The molecule has 23 heavy (non-hydrogen) atoms. The average molecular weight is 305 g/mol. The number of anilines is 1. The van der Waals surface area contributed by atoms with Crippen molar-refractivity contribution in [3.05, 3.63) is 72.3 Å². The van der Waals surface area contributed by atoms with Crippen LogP contribution in [0.5, 0.6) is 5.75 Å². The molecule has 0 radical (unpaired) electrons. The predicted octanol–water partition coefficient (Wildman–Crippen LogP) is 5.63. The van der Waals surface area contributed by atoms with Crippen LogP contribution < -0.4 is 10.1 Å². The molecular formula is C21H23NO. The van der Waals surface area contributed by atoms with Crippen molar-refractivity contribution in [3.63, 3.8) is 0 Å². The summed E-state index contributed by atoms with van der Waals surface area (Å²) in [6.07, 6.45) is 2.24. The molecule has 2 nitrogen and oxygen atoms in total. The van der Waals surface area contributed by atoms with Crippen molar-refractivity contribution in [2.24, 2.45) is 0 Å². The summed E-state index contributed by atoms with van der Waals surface area (Å²) >= 11 is 0. The van der Waals surface area contributed by atoms with E-state index < -0.39 is 0 Å². The Hall–Kier alpha value is -2.48. The zero-order valence-corrected chi connectivity index (χ0v) is 13.6. The van der Waals surface area contributed by atoms with E-state index in [2.05, 4.69) is 72.9 Å². The van der Waals surface area contributed by atoms with E-state index in [0.717, 1.165) is 37.4 Å². The minimum absolute atomic E-state index is 0.760. The molecule has 0 fully saturated rings. The number of hydrogen-bond donors (Lipinski definition) is 1. The lowest BCUT2D eigenvalue weighted by Gasteiger charge is -2.14. The monoisotopic (exact) mass is 305 g/mol. The quantitative estimate of drug-likeness (QED) is 0.571. The van der Waals surface area contributed by atoms with Gasteiger partial charge in [-0.15, -0.1) is 0 Å². The molecule has 0 bridgehead atoms. The van der Waals surface area contributed by atoms with Crippen molar-refractivity contribution in [2.45, 2.75) is 26.3 Å². The van der Waals surface area contributed by atoms with Gasteiger partial charge in [-0.2, -0.15) is 0 Å². The van der Waals surface area contributed by atoms with E-state index >= 15 is 0 Å². The summed E-state index contributed by atoms with van der Waals surface area (Å²) in [5, 5.41) is 6.06. The molecule has 0 atom stereocenters. The van der Waals surface area contributed by atoms with Crippen LogP contribution in [0.4, 0.5) is 5.69 Å². The molecule has 0 saturated heterocycles. The van der Waals surface area contributed by atoms with Crippen LogP contribution in [0.2, 0.25) is 0 Å². The fourth-order valence-electron chi connectivity index (χ4n) is 2.69. The van der Waals surface area contributed by atoms with Crippen molar-refractivity contribution >= 4 is 16.5 Å². The van der Waals surface area contributed by atoms with Gasteiger partial charge in [0.25, 0.3) is 0 Å². The van der Waals surface area contributed by atoms with Crippen LogP contribution in [0.15, 0.2) is 66.7 Å². The summed E-state index contributed by atoms with van der Waals surface area (Å²) in [5.41, 5.74) is 2.35. The fraction of sp³-hybridized carbons (Fsp3) is 0.238. The normalized spacial score (nSPS) is 10.7. The zero-order chi connectivity index (χ0) is 15.9. The van der Waals surface area contributed by atoms with E-state index in [1.165, 1.54) is 16.3 Å². The molecular weight excluding hydrogens is 282 g/mol. The first-order valence-electron chi connectivity index (χ1n) is 8.31. The third kappa shape index (κ3) is 3.84. The second-order valence-electron chi connectivity index (χ2n) is 5.69. The maximum absolute atomic E-state index is 5.91. The summed E-state index contributed by atoms with van der Waals surface area (Å²) < 4.78 is 5.91. The van der Waals surface area contributed by atoms with E-state index in [-0.39, 0.29) is 0 Å². The minimum atomic E-state index is 0.760. The number of rotatable bonds is 7. The maximum Gasteiger partial charge on any atom is 0.124 e. The lowest BCUT2D eigenvalue weighted by Crippen LogP contribution is -2.04. The molecule has 3 aromatic rings. The average Bonchev–Trinajstić information content (AvgIpc) is 2.61. The summed E-state index contributed by atoms with van der Waals surface area (Å²) in [4.78, 5) is 0. The Balaban J connectivity index is 1.75. The van der Waals surface area contributed by atoms with Crippen molar-refractivity contribution in [2.75, 3.05) is 11.9 Å². The number of ether oxygens (including phenoxy) is 1. The van der Waals surface area contributed by atoms with Crippen LogP contribution >= 0.6 is 0 Å². The molecule has 0 heterocycles. The van der Waals surface area contributed by atoms with E-state index in [0.29, 0.717) is 0 Å². The largest absolute Gasteiger partial charge is 0.493 e. The number of fused-ring (bicyclic) bond motifs is 1. The molecule has 0 amide bonds. The summed E-state index contributed by atoms with van der Waals surface area (Å²) in [5.74, 6) is 0.980. The molecule has 3 aromatic carbocycles. The second kappa shape index (κ2) is 7.68.